The zero-order chi connectivity index (χ0) is 15.2. The van der Waals surface area contributed by atoms with Gasteiger partial charge in [0.15, 0.2) is 5.82 Å². The monoisotopic (exact) mass is 287 g/mol. The highest BCUT2D eigenvalue weighted by Gasteiger charge is 2.52. The number of hydrogen-bond acceptors (Lipinski definition) is 7. The Kier molecular flexibility index (Phi) is 2.83. The molecule has 0 amide bonds. The van der Waals surface area contributed by atoms with E-state index < -0.39 is 18.3 Å². The maximum atomic E-state index is 10.4. The molecule has 8 heteroatoms. The summed E-state index contributed by atoms with van der Waals surface area (Å²) in [5.74, 6) is 0.435. The van der Waals surface area contributed by atoms with Crippen LogP contribution in [0.5, 0.6) is 0 Å². The lowest BCUT2D eigenvalue weighted by atomic mass is 9.92. The molecule has 0 radical (unpaired) electrons. The van der Waals surface area contributed by atoms with Crippen molar-refractivity contribution in [3.05, 3.63) is 35.5 Å². The highest BCUT2D eigenvalue weighted by atomic mass is 16.5. The van der Waals surface area contributed by atoms with Crippen LogP contribution in [0, 0.1) is 11.3 Å². The lowest BCUT2D eigenvalue weighted by Crippen LogP contribution is -2.38. The Balaban J connectivity index is 2.22. The molecule has 2 atom stereocenters. The van der Waals surface area contributed by atoms with Crippen molar-refractivity contribution >= 4 is 11.3 Å². The highest BCUT2D eigenvalue weighted by molar-refractivity contribution is 5.66. The molecule has 8 nitrogen and oxygen atoms in total. The first-order chi connectivity index (χ1) is 10.0. The number of nitriles is 1. The Morgan fingerprint density at radius 1 is 1.57 bits per heavy atom. The van der Waals surface area contributed by atoms with Gasteiger partial charge in [0.25, 0.3) is 5.60 Å². The molecule has 0 unspecified atom stereocenters. The molecular weight excluding hydrogens is 274 g/mol. The van der Waals surface area contributed by atoms with Crippen molar-refractivity contribution in [3.63, 3.8) is 0 Å². The molecule has 0 saturated heterocycles. The number of nitrogens with zero attached hydrogens (tertiary/aromatic N) is 4. The SMILES string of the molecule is CC1=C(CO)O[C@@](C#N)(c2ccc3c(N)ncnn23)[C@H]1O. The standard InChI is InChI=1S/C13H13N5O3/c1-7-9(4-19)21-13(5-14,11(7)20)10-3-2-8-12(15)16-6-17-18(8)10/h2-3,6,11,19-20H,4H2,1H3,(H2,15,16,17)/t11-,13-/m0/s1. The van der Waals surface area contributed by atoms with Crippen molar-refractivity contribution in [2.75, 3.05) is 12.3 Å². The van der Waals surface area contributed by atoms with Gasteiger partial charge < -0.3 is 20.7 Å². The average Bonchev–Trinajstić information content (AvgIpc) is 3.03. The Labute approximate surface area is 119 Å². The molecule has 2 aromatic heterocycles. The number of rotatable bonds is 2. The van der Waals surface area contributed by atoms with Crippen molar-refractivity contribution in [1.82, 2.24) is 14.6 Å². The van der Waals surface area contributed by atoms with E-state index >= 15 is 0 Å². The van der Waals surface area contributed by atoms with Crippen LogP contribution in [-0.4, -0.2) is 37.5 Å². The van der Waals surface area contributed by atoms with E-state index in [-0.39, 0.29) is 11.6 Å². The number of aliphatic hydroxyl groups excluding tert-OH is 2. The van der Waals surface area contributed by atoms with Gasteiger partial charge in [-0.3, -0.25) is 0 Å². The van der Waals surface area contributed by atoms with Crippen molar-refractivity contribution in [2.24, 2.45) is 0 Å². The minimum atomic E-state index is -1.67. The molecule has 108 valence electrons. The fourth-order valence-corrected chi connectivity index (χ4v) is 2.51. The van der Waals surface area contributed by atoms with Crippen LogP contribution in [0.4, 0.5) is 5.82 Å². The van der Waals surface area contributed by atoms with Crippen LogP contribution in [0.25, 0.3) is 5.52 Å². The van der Waals surface area contributed by atoms with Gasteiger partial charge in [-0.15, -0.1) is 0 Å². The number of fused-ring (bicyclic) bond motifs is 1. The van der Waals surface area contributed by atoms with E-state index in [4.69, 9.17) is 10.5 Å². The van der Waals surface area contributed by atoms with Crippen LogP contribution in [0.1, 0.15) is 12.6 Å². The van der Waals surface area contributed by atoms with E-state index in [1.165, 1.54) is 10.8 Å². The third-order valence-electron chi connectivity index (χ3n) is 3.69. The third-order valence-corrected chi connectivity index (χ3v) is 3.69. The summed E-state index contributed by atoms with van der Waals surface area (Å²) in [6.45, 7) is 1.21. The van der Waals surface area contributed by atoms with E-state index in [9.17, 15) is 15.5 Å². The molecule has 2 aromatic rings. The number of ether oxygens (including phenoxy) is 1. The van der Waals surface area contributed by atoms with Crippen LogP contribution in [0.2, 0.25) is 0 Å². The largest absolute Gasteiger partial charge is 0.465 e. The van der Waals surface area contributed by atoms with E-state index in [1.807, 2.05) is 6.07 Å². The van der Waals surface area contributed by atoms with Crippen LogP contribution < -0.4 is 5.73 Å². The quantitative estimate of drug-likeness (QED) is 0.690. The summed E-state index contributed by atoms with van der Waals surface area (Å²) in [4.78, 5) is 3.87. The summed E-state index contributed by atoms with van der Waals surface area (Å²) in [5, 5.41) is 33.3. The number of nitrogens with two attached hydrogens (primary N) is 1. The molecule has 0 bridgehead atoms. The van der Waals surface area contributed by atoms with Gasteiger partial charge in [0, 0.05) is 5.57 Å². The Bertz CT molecular complexity index is 791. The summed E-state index contributed by atoms with van der Waals surface area (Å²) in [6.07, 6.45) is 0.0461. The first-order valence-corrected chi connectivity index (χ1v) is 6.22. The minimum absolute atomic E-state index is 0.182. The Morgan fingerprint density at radius 2 is 2.33 bits per heavy atom. The van der Waals surface area contributed by atoms with Gasteiger partial charge in [-0.25, -0.2) is 9.50 Å². The first kappa shape index (κ1) is 13.4. The third kappa shape index (κ3) is 1.62. The van der Waals surface area contributed by atoms with Crippen LogP contribution in [0.15, 0.2) is 29.8 Å². The van der Waals surface area contributed by atoms with E-state index in [1.54, 1.807) is 19.1 Å². The van der Waals surface area contributed by atoms with Gasteiger partial charge in [-0.1, -0.05) is 0 Å². The molecule has 0 aromatic carbocycles. The Hall–Kier alpha value is -2.63. The highest BCUT2D eigenvalue weighted by Crippen LogP contribution is 2.42. The van der Waals surface area contributed by atoms with Crippen LogP contribution >= 0.6 is 0 Å². The zero-order valence-corrected chi connectivity index (χ0v) is 11.2. The van der Waals surface area contributed by atoms with E-state index in [2.05, 4.69) is 10.1 Å². The van der Waals surface area contributed by atoms with Crippen molar-refractivity contribution in [1.29, 1.82) is 5.26 Å². The molecule has 1 aliphatic heterocycles. The van der Waals surface area contributed by atoms with Gasteiger partial charge in [0.2, 0.25) is 0 Å². The van der Waals surface area contributed by atoms with Crippen molar-refractivity contribution < 1.29 is 14.9 Å². The molecule has 0 saturated carbocycles. The predicted molar refractivity (Wildman–Crippen MR) is 71.6 cm³/mol. The fraction of sp³-hybridized carbons (Fsp3) is 0.308. The van der Waals surface area contributed by atoms with E-state index in [0.29, 0.717) is 16.8 Å². The summed E-state index contributed by atoms with van der Waals surface area (Å²) < 4.78 is 6.97. The second kappa shape index (κ2) is 4.44. The molecular formula is C13H13N5O3. The van der Waals surface area contributed by atoms with Crippen LogP contribution in [0.3, 0.4) is 0 Å². The number of nitrogen functional groups attached to an aromatic ring is 1. The normalized spacial score (nSPS) is 25.1. The lowest BCUT2D eigenvalue weighted by molar-refractivity contribution is -0.0218. The maximum Gasteiger partial charge on any atom is 0.265 e. The maximum absolute atomic E-state index is 10.4. The van der Waals surface area contributed by atoms with Crippen molar-refractivity contribution in [2.45, 2.75) is 18.6 Å². The van der Waals surface area contributed by atoms with Gasteiger partial charge >= 0.3 is 0 Å². The van der Waals surface area contributed by atoms with Gasteiger partial charge in [-0.2, -0.15) is 10.4 Å². The first-order valence-electron chi connectivity index (χ1n) is 6.22. The fourth-order valence-electron chi connectivity index (χ4n) is 2.51. The number of anilines is 1. The summed E-state index contributed by atoms with van der Waals surface area (Å²) in [6, 6.07) is 5.23. The molecule has 0 spiro atoms. The second-order valence-electron chi connectivity index (χ2n) is 4.78. The summed E-state index contributed by atoms with van der Waals surface area (Å²) in [5.41, 5.74) is 5.33. The summed E-state index contributed by atoms with van der Waals surface area (Å²) in [7, 11) is 0. The topological polar surface area (TPSA) is 130 Å². The van der Waals surface area contributed by atoms with Gasteiger partial charge in [0.1, 0.15) is 42.1 Å². The Morgan fingerprint density at radius 3 is 2.95 bits per heavy atom. The lowest BCUT2D eigenvalue weighted by Gasteiger charge is -2.25. The minimum Gasteiger partial charge on any atom is -0.465 e. The van der Waals surface area contributed by atoms with Crippen LogP contribution in [-0.2, 0) is 10.3 Å². The number of aliphatic hydroxyl groups is 2. The predicted octanol–water partition coefficient (Wildman–Crippen LogP) is -0.312. The molecule has 0 fully saturated rings. The number of hydrogen-bond donors (Lipinski definition) is 3. The molecule has 0 aliphatic carbocycles. The summed E-state index contributed by atoms with van der Waals surface area (Å²) >= 11 is 0. The second-order valence-corrected chi connectivity index (χ2v) is 4.78. The molecule has 3 heterocycles. The van der Waals surface area contributed by atoms with Crippen molar-refractivity contribution in [3.8, 4) is 6.07 Å². The molecule has 1 aliphatic rings. The van der Waals surface area contributed by atoms with Gasteiger partial charge in [0.05, 0.1) is 0 Å². The molecule has 3 rings (SSSR count). The number of aromatic nitrogens is 3. The van der Waals surface area contributed by atoms with Gasteiger partial charge in [-0.05, 0) is 19.1 Å². The zero-order valence-electron chi connectivity index (χ0n) is 11.2. The smallest absolute Gasteiger partial charge is 0.265 e. The average molecular weight is 287 g/mol. The molecule has 4 N–H and O–H groups in total. The molecule has 21 heavy (non-hydrogen) atoms. The van der Waals surface area contributed by atoms with E-state index in [0.717, 1.165) is 0 Å².